The third-order valence-electron chi connectivity index (χ3n) is 4.42. The first-order valence-corrected chi connectivity index (χ1v) is 7.95. The van der Waals surface area contributed by atoms with Crippen molar-refractivity contribution in [1.82, 2.24) is 15.1 Å². The number of nitrogens with zero attached hydrogens (tertiary/aromatic N) is 2. The van der Waals surface area contributed by atoms with E-state index in [2.05, 4.69) is 35.9 Å². The Bertz CT molecular complexity index is 246. The zero-order valence-corrected chi connectivity index (χ0v) is 12.9. The van der Waals surface area contributed by atoms with Gasteiger partial charge < -0.3 is 15.0 Å². The molecule has 2 aliphatic rings. The van der Waals surface area contributed by atoms with Crippen LogP contribution in [0.15, 0.2) is 0 Å². The summed E-state index contributed by atoms with van der Waals surface area (Å²) in [5, 5.41) is 3.82. The Hall–Kier alpha value is -0.160. The summed E-state index contributed by atoms with van der Waals surface area (Å²) in [5.41, 5.74) is 0. The van der Waals surface area contributed by atoms with Crippen LogP contribution in [0.4, 0.5) is 0 Å². The second-order valence-electron chi connectivity index (χ2n) is 6.38. The van der Waals surface area contributed by atoms with E-state index in [1.165, 1.54) is 25.9 Å². The third kappa shape index (κ3) is 5.03. The first-order chi connectivity index (χ1) is 9.15. The molecule has 0 radical (unpaired) electrons. The average molecular weight is 269 g/mol. The van der Waals surface area contributed by atoms with E-state index in [1.807, 2.05) is 0 Å². The van der Waals surface area contributed by atoms with Gasteiger partial charge in [0, 0.05) is 37.8 Å². The first-order valence-electron chi connectivity index (χ1n) is 7.95. The number of hydrogen-bond acceptors (Lipinski definition) is 4. The van der Waals surface area contributed by atoms with Crippen LogP contribution in [0.25, 0.3) is 0 Å². The van der Waals surface area contributed by atoms with Crippen molar-refractivity contribution in [3.05, 3.63) is 0 Å². The van der Waals surface area contributed by atoms with E-state index in [1.54, 1.807) is 0 Å². The summed E-state index contributed by atoms with van der Waals surface area (Å²) in [6.07, 6.45) is 2.59. The summed E-state index contributed by atoms with van der Waals surface area (Å²) in [5.74, 6) is 0. The summed E-state index contributed by atoms with van der Waals surface area (Å²) in [7, 11) is 0. The fourth-order valence-electron chi connectivity index (χ4n) is 3.21. The number of piperidine rings is 1. The van der Waals surface area contributed by atoms with Crippen LogP contribution in [0, 0.1) is 0 Å². The molecular formula is C15H31N3O. The van der Waals surface area contributed by atoms with Crippen LogP contribution in [-0.4, -0.2) is 73.9 Å². The first kappa shape index (κ1) is 15.2. The molecular weight excluding hydrogens is 238 g/mol. The monoisotopic (exact) mass is 269 g/mol. The molecule has 1 N–H and O–H groups in total. The molecule has 0 amide bonds. The van der Waals surface area contributed by atoms with Crippen LogP contribution in [0.3, 0.4) is 0 Å². The molecule has 1 unspecified atom stereocenters. The van der Waals surface area contributed by atoms with Crippen molar-refractivity contribution in [2.24, 2.45) is 0 Å². The van der Waals surface area contributed by atoms with Gasteiger partial charge in [-0.1, -0.05) is 0 Å². The molecule has 2 heterocycles. The maximum absolute atomic E-state index is 5.40. The van der Waals surface area contributed by atoms with Crippen LogP contribution < -0.4 is 5.32 Å². The number of ether oxygens (including phenoxy) is 1. The quantitative estimate of drug-likeness (QED) is 0.811. The van der Waals surface area contributed by atoms with Crippen molar-refractivity contribution < 1.29 is 4.74 Å². The smallest absolute Gasteiger partial charge is 0.0594 e. The second-order valence-corrected chi connectivity index (χ2v) is 6.38. The van der Waals surface area contributed by atoms with Crippen LogP contribution in [0.2, 0.25) is 0 Å². The van der Waals surface area contributed by atoms with Crippen molar-refractivity contribution in [2.45, 2.75) is 51.7 Å². The highest BCUT2D eigenvalue weighted by Gasteiger charge is 2.22. The van der Waals surface area contributed by atoms with Gasteiger partial charge in [0.1, 0.15) is 0 Å². The molecule has 0 spiro atoms. The minimum atomic E-state index is 0.591. The van der Waals surface area contributed by atoms with E-state index in [-0.39, 0.29) is 0 Å². The molecule has 0 aromatic carbocycles. The van der Waals surface area contributed by atoms with Crippen molar-refractivity contribution >= 4 is 0 Å². The molecule has 0 bridgehead atoms. The number of morpholine rings is 1. The Morgan fingerprint density at radius 2 is 1.68 bits per heavy atom. The van der Waals surface area contributed by atoms with Gasteiger partial charge in [0.15, 0.2) is 0 Å². The lowest BCUT2D eigenvalue weighted by Gasteiger charge is -2.37. The Kier molecular flexibility index (Phi) is 6.07. The van der Waals surface area contributed by atoms with Crippen molar-refractivity contribution in [1.29, 1.82) is 0 Å². The minimum absolute atomic E-state index is 0.591. The highest BCUT2D eigenvalue weighted by atomic mass is 16.5. The third-order valence-corrected chi connectivity index (χ3v) is 4.42. The van der Waals surface area contributed by atoms with Gasteiger partial charge in [-0.25, -0.2) is 0 Å². The van der Waals surface area contributed by atoms with Gasteiger partial charge in [-0.15, -0.1) is 0 Å². The normalized spacial score (nSPS) is 25.9. The van der Waals surface area contributed by atoms with Gasteiger partial charge in [0.2, 0.25) is 0 Å². The molecule has 0 aromatic heterocycles. The second kappa shape index (κ2) is 7.58. The fourth-order valence-corrected chi connectivity index (χ4v) is 3.21. The van der Waals surface area contributed by atoms with E-state index in [4.69, 9.17) is 4.74 Å². The molecule has 2 saturated heterocycles. The van der Waals surface area contributed by atoms with E-state index in [9.17, 15) is 0 Å². The van der Waals surface area contributed by atoms with E-state index in [0.717, 1.165) is 32.8 Å². The molecule has 0 aliphatic carbocycles. The van der Waals surface area contributed by atoms with Gasteiger partial charge in [-0.05, 0) is 46.7 Å². The summed E-state index contributed by atoms with van der Waals surface area (Å²) < 4.78 is 5.40. The predicted molar refractivity (Wildman–Crippen MR) is 79.6 cm³/mol. The molecule has 0 saturated carbocycles. The maximum atomic E-state index is 5.40. The number of nitrogens with one attached hydrogen (secondary N) is 1. The van der Waals surface area contributed by atoms with Crippen LogP contribution in [0.5, 0.6) is 0 Å². The highest BCUT2D eigenvalue weighted by Crippen LogP contribution is 2.13. The van der Waals surface area contributed by atoms with E-state index >= 15 is 0 Å². The summed E-state index contributed by atoms with van der Waals surface area (Å²) in [4.78, 5) is 5.11. The molecule has 2 fully saturated rings. The summed E-state index contributed by atoms with van der Waals surface area (Å²) in [6, 6.07) is 2.01. The minimum Gasteiger partial charge on any atom is -0.379 e. The Labute approximate surface area is 118 Å². The number of likely N-dealkylation sites (tertiary alicyclic amines) is 1. The van der Waals surface area contributed by atoms with Gasteiger partial charge >= 0.3 is 0 Å². The fraction of sp³-hybridized carbons (Fsp3) is 1.00. The van der Waals surface area contributed by atoms with Gasteiger partial charge in [0.25, 0.3) is 0 Å². The van der Waals surface area contributed by atoms with Crippen molar-refractivity contribution in [3.63, 3.8) is 0 Å². The Morgan fingerprint density at radius 3 is 2.26 bits per heavy atom. The van der Waals surface area contributed by atoms with Crippen LogP contribution in [0.1, 0.15) is 33.6 Å². The Balaban J connectivity index is 1.64. The molecule has 4 nitrogen and oxygen atoms in total. The topological polar surface area (TPSA) is 27.7 Å². The zero-order chi connectivity index (χ0) is 13.7. The van der Waals surface area contributed by atoms with E-state index in [0.29, 0.717) is 18.1 Å². The van der Waals surface area contributed by atoms with Crippen molar-refractivity contribution in [3.8, 4) is 0 Å². The highest BCUT2D eigenvalue weighted by molar-refractivity contribution is 4.82. The van der Waals surface area contributed by atoms with Gasteiger partial charge in [-0.2, -0.15) is 0 Å². The molecule has 2 aliphatic heterocycles. The van der Waals surface area contributed by atoms with Crippen molar-refractivity contribution in [2.75, 3.05) is 45.9 Å². The lowest BCUT2D eigenvalue weighted by Crippen LogP contribution is -2.51. The molecule has 4 heteroatoms. The van der Waals surface area contributed by atoms with Gasteiger partial charge in [0.05, 0.1) is 13.2 Å². The number of hydrogen-bond donors (Lipinski definition) is 1. The molecule has 0 aromatic rings. The maximum Gasteiger partial charge on any atom is 0.0594 e. The lowest BCUT2D eigenvalue weighted by atomic mass is 10.0. The zero-order valence-electron chi connectivity index (χ0n) is 12.9. The molecule has 112 valence electrons. The molecule has 1 atom stereocenters. The predicted octanol–water partition coefficient (Wildman–Crippen LogP) is 1.17. The van der Waals surface area contributed by atoms with Crippen LogP contribution in [-0.2, 0) is 4.74 Å². The van der Waals surface area contributed by atoms with E-state index < -0.39 is 0 Å². The standard InChI is InChI=1S/C15H31N3O/c1-13(2)18-6-4-15(5-7-18)16-14(3)12-17-8-10-19-11-9-17/h13-16H,4-12H2,1-3H3. The van der Waals surface area contributed by atoms with Crippen LogP contribution >= 0.6 is 0 Å². The number of rotatable bonds is 5. The SMILES string of the molecule is CC(CN1CCOCC1)NC1CCN(C(C)C)CC1. The molecule has 2 rings (SSSR count). The lowest BCUT2D eigenvalue weighted by molar-refractivity contribution is 0.0331. The van der Waals surface area contributed by atoms with Gasteiger partial charge in [-0.3, -0.25) is 4.90 Å². The summed E-state index contributed by atoms with van der Waals surface area (Å²) in [6.45, 7) is 14.6. The average Bonchev–Trinajstić information content (AvgIpc) is 2.40. The molecule has 19 heavy (non-hydrogen) atoms. The summed E-state index contributed by atoms with van der Waals surface area (Å²) >= 11 is 0. The largest absolute Gasteiger partial charge is 0.379 e. The Morgan fingerprint density at radius 1 is 1.05 bits per heavy atom.